The van der Waals surface area contributed by atoms with Crippen molar-refractivity contribution in [3.8, 4) is 0 Å². The van der Waals surface area contributed by atoms with Gasteiger partial charge >= 0.3 is 0 Å². The molecule has 3 N–H and O–H groups in total. The number of nitrogens with one attached hydrogen (secondary N) is 1. The highest BCUT2D eigenvalue weighted by molar-refractivity contribution is 6.31. The van der Waals surface area contributed by atoms with Crippen molar-refractivity contribution in [3.63, 3.8) is 0 Å². The molecule has 18 heavy (non-hydrogen) atoms. The Balaban J connectivity index is 2.75. The molecule has 0 saturated carbocycles. The minimum absolute atomic E-state index is 0.0154. The normalized spacial score (nSPS) is 12.2. The summed E-state index contributed by atoms with van der Waals surface area (Å²) in [5.74, 6) is 0.0195. The summed E-state index contributed by atoms with van der Waals surface area (Å²) < 4.78 is 0. The van der Waals surface area contributed by atoms with Crippen LogP contribution in [0.3, 0.4) is 0 Å². The monoisotopic (exact) mass is 268 g/mol. The number of anilines is 1. The van der Waals surface area contributed by atoms with Gasteiger partial charge in [-0.2, -0.15) is 0 Å². The zero-order valence-corrected chi connectivity index (χ0v) is 11.8. The van der Waals surface area contributed by atoms with Gasteiger partial charge in [-0.3, -0.25) is 4.79 Å². The Morgan fingerprint density at radius 2 is 2.17 bits per heavy atom. The zero-order chi connectivity index (χ0) is 13.5. The maximum atomic E-state index is 12.1. The fourth-order valence-corrected chi connectivity index (χ4v) is 2.09. The molecule has 1 amide bonds. The Kier molecular flexibility index (Phi) is 6.16. The van der Waals surface area contributed by atoms with Crippen LogP contribution >= 0.6 is 11.6 Å². The van der Waals surface area contributed by atoms with E-state index in [4.69, 9.17) is 17.3 Å². The molecule has 0 aliphatic heterocycles. The van der Waals surface area contributed by atoms with Crippen molar-refractivity contribution in [1.29, 1.82) is 0 Å². The van der Waals surface area contributed by atoms with Gasteiger partial charge in [0.05, 0.1) is 0 Å². The summed E-state index contributed by atoms with van der Waals surface area (Å²) in [6, 6.07) is 5.49. The van der Waals surface area contributed by atoms with Crippen LogP contribution in [-0.4, -0.2) is 12.5 Å². The van der Waals surface area contributed by atoms with Crippen LogP contribution in [0.1, 0.15) is 31.7 Å². The molecular weight excluding hydrogens is 248 g/mol. The third-order valence-corrected chi connectivity index (χ3v) is 3.22. The molecule has 0 radical (unpaired) electrons. The molecule has 0 heterocycles. The van der Waals surface area contributed by atoms with Gasteiger partial charge < -0.3 is 11.1 Å². The largest absolute Gasteiger partial charge is 0.330 e. The van der Waals surface area contributed by atoms with Crippen molar-refractivity contribution < 1.29 is 4.79 Å². The Morgan fingerprint density at radius 3 is 2.78 bits per heavy atom. The van der Waals surface area contributed by atoms with Crippen LogP contribution in [0.5, 0.6) is 0 Å². The molecule has 0 spiro atoms. The average molecular weight is 269 g/mol. The van der Waals surface area contributed by atoms with Crippen LogP contribution in [0, 0.1) is 12.8 Å². The Morgan fingerprint density at radius 1 is 1.44 bits per heavy atom. The van der Waals surface area contributed by atoms with Gasteiger partial charge in [0.2, 0.25) is 5.91 Å². The van der Waals surface area contributed by atoms with E-state index in [0.717, 1.165) is 30.5 Å². The first-order valence-electron chi connectivity index (χ1n) is 6.35. The van der Waals surface area contributed by atoms with Crippen molar-refractivity contribution in [2.75, 3.05) is 11.9 Å². The quantitative estimate of drug-likeness (QED) is 0.831. The smallest absolute Gasteiger partial charge is 0.227 e. The number of aryl methyl sites for hydroxylation is 1. The van der Waals surface area contributed by atoms with Gasteiger partial charge in [-0.1, -0.05) is 31.0 Å². The first-order valence-corrected chi connectivity index (χ1v) is 6.73. The summed E-state index contributed by atoms with van der Waals surface area (Å²) in [5, 5.41) is 3.57. The molecule has 3 nitrogen and oxygen atoms in total. The second-order valence-corrected chi connectivity index (χ2v) is 4.95. The van der Waals surface area contributed by atoms with Gasteiger partial charge in [0, 0.05) is 16.6 Å². The Labute approximate surface area is 114 Å². The molecule has 100 valence electrons. The van der Waals surface area contributed by atoms with Crippen molar-refractivity contribution in [2.45, 2.75) is 33.1 Å². The summed E-state index contributed by atoms with van der Waals surface area (Å²) in [4.78, 5) is 12.1. The van der Waals surface area contributed by atoms with E-state index in [1.54, 1.807) is 6.07 Å². The predicted molar refractivity (Wildman–Crippen MR) is 76.9 cm³/mol. The number of halogens is 1. The van der Waals surface area contributed by atoms with Crippen LogP contribution < -0.4 is 11.1 Å². The summed E-state index contributed by atoms with van der Waals surface area (Å²) in [6.07, 6.45) is 2.56. The number of benzene rings is 1. The van der Waals surface area contributed by atoms with Gasteiger partial charge in [0.1, 0.15) is 0 Å². The van der Waals surface area contributed by atoms with Gasteiger partial charge in [-0.25, -0.2) is 0 Å². The molecule has 1 rings (SSSR count). The van der Waals surface area contributed by atoms with Gasteiger partial charge in [0.15, 0.2) is 0 Å². The second kappa shape index (κ2) is 7.39. The molecule has 1 aromatic rings. The van der Waals surface area contributed by atoms with E-state index in [2.05, 4.69) is 12.2 Å². The summed E-state index contributed by atoms with van der Waals surface area (Å²) in [5.41, 5.74) is 7.34. The molecule has 0 aliphatic carbocycles. The highest BCUT2D eigenvalue weighted by Gasteiger charge is 2.17. The number of nitrogens with two attached hydrogens (primary N) is 1. The highest BCUT2D eigenvalue weighted by Crippen LogP contribution is 2.22. The summed E-state index contributed by atoms with van der Waals surface area (Å²) >= 11 is 5.93. The lowest BCUT2D eigenvalue weighted by Gasteiger charge is -2.16. The Hall–Kier alpha value is -1.06. The van der Waals surface area contributed by atoms with Gasteiger partial charge in [0.25, 0.3) is 0 Å². The van der Waals surface area contributed by atoms with Crippen molar-refractivity contribution in [2.24, 2.45) is 11.7 Å². The molecule has 0 aromatic heterocycles. The van der Waals surface area contributed by atoms with Gasteiger partial charge in [-0.05, 0) is 44.0 Å². The number of amides is 1. The first kappa shape index (κ1) is 15.0. The predicted octanol–water partition coefficient (Wildman–Crippen LogP) is 3.35. The number of hydrogen-bond acceptors (Lipinski definition) is 2. The van der Waals surface area contributed by atoms with Crippen LogP contribution in [0.4, 0.5) is 5.69 Å². The summed E-state index contributed by atoms with van der Waals surface area (Å²) in [7, 11) is 0. The Bertz CT molecular complexity index is 401. The highest BCUT2D eigenvalue weighted by atomic mass is 35.5. The number of rotatable bonds is 6. The molecule has 0 saturated heterocycles. The van der Waals surface area contributed by atoms with Gasteiger partial charge in [-0.15, -0.1) is 0 Å². The molecule has 0 bridgehead atoms. The van der Waals surface area contributed by atoms with Crippen LogP contribution in [0.2, 0.25) is 5.02 Å². The second-order valence-electron chi connectivity index (χ2n) is 4.51. The van der Waals surface area contributed by atoms with E-state index in [9.17, 15) is 4.79 Å². The molecule has 4 heteroatoms. The fraction of sp³-hybridized carbons (Fsp3) is 0.500. The van der Waals surface area contributed by atoms with E-state index >= 15 is 0 Å². The maximum Gasteiger partial charge on any atom is 0.227 e. The van der Waals surface area contributed by atoms with Crippen LogP contribution in [0.15, 0.2) is 18.2 Å². The third kappa shape index (κ3) is 4.31. The van der Waals surface area contributed by atoms with E-state index in [1.807, 2.05) is 19.1 Å². The number of carbonyl (C=O) groups excluding carboxylic acids is 1. The van der Waals surface area contributed by atoms with E-state index in [0.29, 0.717) is 11.6 Å². The number of hydrogen-bond donors (Lipinski definition) is 2. The third-order valence-electron chi connectivity index (χ3n) is 2.98. The van der Waals surface area contributed by atoms with Crippen molar-refractivity contribution in [1.82, 2.24) is 0 Å². The van der Waals surface area contributed by atoms with E-state index in [-0.39, 0.29) is 11.8 Å². The topological polar surface area (TPSA) is 55.1 Å². The lowest BCUT2D eigenvalue weighted by molar-refractivity contribution is -0.120. The van der Waals surface area contributed by atoms with Crippen molar-refractivity contribution >= 4 is 23.2 Å². The fourth-order valence-electron chi connectivity index (χ4n) is 1.92. The molecule has 0 aliphatic rings. The maximum absolute atomic E-state index is 12.1. The molecule has 1 aromatic carbocycles. The molecule has 1 unspecified atom stereocenters. The minimum atomic E-state index is -0.0154. The lowest BCUT2D eigenvalue weighted by Crippen LogP contribution is -2.25. The van der Waals surface area contributed by atoms with Crippen molar-refractivity contribution in [3.05, 3.63) is 28.8 Å². The van der Waals surface area contributed by atoms with Crippen LogP contribution in [0.25, 0.3) is 0 Å². The average Bonchev–Trinajstić information content (AvgIpc) is 2.33. The molecule has 0 fully saturated rings. The SMILES string of the molecule is CCCC(CCN)C(=O)Nc1cc(Cl)ccc1C. The minimum Gasteiger partial charge on any atom is -0.330 e. The molecular formula is C14H21ClN2O. The van der Waals surface area contributed by atoms with Crippen LogP contribution in [-0.2, 0) is 4.79 Å². The standard InChI is InChI=1S/C14H21ClN2O/c1-3-4-11(7-8-16)14(18)17-13-9-12(15)6-5-10(13)2/h5-6,9,11H,3-4,7-8,16H2,1-2H3,(H,17,18). The summed E-state index contributed by atoms with van der Waals surface area (Å²) in [6.45, 7) is 4.55. The first-order chi connectivity index (χ1) is 8.58. The lowest BCUT2D eigenvalue weighted by atomic mass is 9.98. The van der Waals surface area contributed by atoms with E-state index < -0.39 is 0 Å². The zero-order valence-electron chi connectivity index (χ0n) is 11.0. The molecule has 1 atom stereocenters. The van der Waals surface area contributed by atoms with E-state index in [1.165, 1.54) is 0 Å². The number of carbonyl (C=O) groups is 1.